The van der Waals surface area contributed by atoms with Gasteiger partial charge < -0.3 is 4.74 Å². The lowest BCUT2D eigenvalue weighted by atomic mass is 10.2. The van der Waals surface area contributed by atoms with Gasteiger partial charge in [-0.3, -0.25) is 4.98 Å². The fourth-order valence-corrected chi connectivity index (χ4v) is 3.04. The molecule has 0 unspecified atom stereocenters. The molecule has 0 fully saturated rings. The van der Waals surface area contributed by atoms with Gasteiger partial charge in [-0.05, 0) is 18.2 Å². The van der Waals surface area contributed by atoms with Crippen LogP contribution >= 0.6 is 0 Å². The highest BCUT2D eigenvalue weighted by molar-refractivity contribution is 7.91. The zero-order valence-electron chi connectivity index (χ0n) is 14.1. The number of pyridine rings is 1. The Hall–Kier alpha value is -2.37. The van der Waals surface area contributed by atoms with Crippen LogP contribution in [-0.2, 0) is 16.0 Å². The molecule has 12 heteroatoms. The monoisotopic (exact) mass is 411 g/mol. The van der Waals surface area contributed by atoms with E-state index in [9.17, 15) is 30.4 Å². The summed E-state index contributed by atoms with van der Waals surface area (Å²) in [4.78, 5) is 3.48. The molecule has 0 aliphatic carbocycles. The third kappa shape index (κ3) is 5.08. The quantitative estimate of drug-likeness (QED) is 0.678. The van der Waals surface area contributed by atoms with Crippen LogP contribution in [0.3, 0.4) is 0 Å². The smallest absolute Gasteiger partial charge is 0.421 e. The van der Waals surface area contributed by atoms with Gasteiger partial charge in [0.15, 0.2) is 16.4 Å². The molecule has 0 saturated carbocycles. The van der Waals surface area contributed by atoms with Crippen LogP contribution in [0, 0.1) is 0 Å². The third-order valence-electron chi connectivity index (χ3n) is 3.26. The Labute approximate surface area is 151 Å². The average Bonchev–Trinajstić information content (AvgIpc) is 2.58. The Morgan fingerprint density at radius 1 is 1.15 bits per heavy atom. The van der Waals surface area contributed by atoms with Crippen molar-refractivity contribution in [2.24, 2.45) is 0 Å². The molecular formula is C15H14F5N3O3S. The molecule has 6 nitrogen and oxygen atoms in total. The summed E-state index contributed by atoms with van der Waals surface area (Å²) in [7, 11) is -3.81. The van der Waals surface area contributed by atoms with Crippen LogP contribution < -0.4 is 4.74 Å². The standard InChI is InChI=1S/C15H14F5N3O3S/c1-3-27(24,25)11-5-4-6-21-12(11)10-7-9(15(18,19)20)13(23-22-10)26-8-14(2,16)17/h4-7H,3,8H2,1-2H3. The number of hydrogen-bond acceptors (Lipinski definition) is 6. The first-order chi connectivity index (χ1) is 12.3. The zero-order valence-corrected chi connectivity index (χ0v) is 14.9. The van der Waals surface area contributed by atoms with Gasteiger partial charge in [0.1, 0.15) is 17.0 Å². The molecule has 0 spiro atoms. The van der Waals surface area contributed by atoms with Gasteiger partial charge in [-0.2, -0.15) is 13.2 Å². The van der Waals surface area contributed by atoms with Crippen molar-refractivity contribution >= 4 is 9.84 Å². The number of rotatable bonds is 6. The minimum absolute atomic E-state index is 0.308. The van der Waals surface area contributed by atoms with Crippen molar-refractivity contribution in [2.75, 3.05) is 12.4 Å². The summed E-state index contributed by atoms with van der Waals surface area (Å²) in [6.07, 6.45) is -3.82. The van der Waals surface area contributed by atoms with Gasteiger partial charge in [-0.15, -0.1) is 10.2 Å². The lowest BCUT2D eigenvalue weighted by molar-refractivity contribution is -0.140. The highest BCUT2D eigenvalue weighted by Gasteiger charge is 2.38. The second-order valence-electron chi connectivity index (χ2n) is 5.56. The number of halogens is 5. The van der Waals surface area contributed by atoms with Crippen LogP contribution in [0.1, 0.15) is 19.4 Å². The molecular weight excluding hydrogens is 397 g/mol. The first-order valence-electron chi connectivity index (χ1n) is 7.49. The predicted molar refractivity (Wildman–Crippen MR) is 84.1 cm³/mol. The predicted octanol–water partition coefficient (Wildman–Crippen LogP) is 3.39. The van der Waals surface area contributed by atoms with Crippen LogP contribution in [0.2, 0.25) is 0 Å². The van der Waals surface area contributed by atoms with E-state index in [0.717, 1.165) is 0 Å². The summed E-state index contributed by atoms with van der Waals surface area (Å²) in [6, 6.07) is 2.95. The largest absolute Gasteiger partial charge is 0.470 e. The van der Waals surface area contributed by atoms with Crippen LogP contribution in [0.15, 0.2) is 29.3 Å². The van der Waals surface area contributed by atoms with Crippen molar-refractivity contribution in [3.8, 4) is 17.3 Å². The van der Waals surface area contributed by atoms with Crippen LogP contribution in [-0.4, -0.2) is 41.9 Å². The molecule has 0 bridgehead atoms. The van der Waals surface area contributed by atoms with Crippen molar-refractivity contribution in [3.05, 3.63) is 30.0 Å². The summed E-state index contributed by atoms with van der Waals surface area (Å²) in [6.45, 7) is 0.502. The Morgan fingerprint density at radius 3 is 2.37 bits per heavy atom. The van der Waals surface area contributed by atoms with Crippen molar-refractivity contribution < 1.29 is 35.1 Å². The zero-order chi connectivity index (χ0) is 20.5. The molecule has 0 aromatic carbocycles. The van der Waals surface area contributed by atoms with E-state index in [4.69, 9.17) is 0 Å². The maximum atomic E-state index is 13.3. The van der Waals surface area contributed by atoms with E-state index in [0.29, 0.717) is 13.0 Å². The summed E-state index contributed by atoms with van der Waals surface area (Å²) >= 11 is 0. The fourth-order valence-electron chi connectivity index (χ4n) is 1.99. The van der Waals surface area contributed by atoms with E-state index >= 15 is 0 Å². The minimum Gasteiger partial charge on any atom is -0.470 e. The topological polar surface area (TPSA) is 82.0 Å². The molecule has 0 N–H and O–H groups in total. The first kappa shape index (κ1) is 20.9. The summed E-state index contributed by atoms with van der Waals surface area (Å²) in [5.41, 5.74) is -2.28. The molecule has 148 valence electrons. The molecule has 2 heterocycles. The number of sulfone groups is 1. The summed E-state index contributed by atoms with van der Waals surface area (Å²) in [5.74, 6) is -4.83. The van der Waals surface area contributed by atoms with Crippen molar-refractivity contribution in [2.45, 2.75) is 30.8 Å². The van der Waals surface area contributed by atoms with Gasteiger partial charge in [0.05, 0.1) is 10.6 Å². The van der Waals surface area contributed by atoms with Gasteiger partial charge in [0.2, 0.25) is 5.88 Å². The number of hydrogen-bond donors (Lipinski definition) is 0. The molecule has 27 heavy (non-hydrogen) atoms. The van der Waals surface area contributed by atoms with Gasteiger partial charge >= 0.3 is 6.18 Å². The minimum atomic E-state index is -5.00. The third-order valence-corrected chi connectivity index (χ3v) is 5.02. The lowest BCUT2D eigenvalue weighted by Gasteiger charge is -2.16. The van der Waals surface area contributed by atoms with E-state index < -0.39 is 45.7 Å². The summed E-state index contributed by atoms with van der Waals surface area (Å²) in [5, 5.41) is 6.70. The van der Waals surface area contributed by atoms with Crippen molar-refractivity contribution in [1.82, 2.24) is 15.2 Å². The molecule has 0 aliphatic rings. The fraction of sp³-hybridized carbons (Fsp3) is 0.400. The molecule has 2 aromatic rings. The molecule has 2 rings (SSSR count). The Bertz CT molecular complexity index is 927. The molecule has 0 amide bonds. The highest BCUT2D eigenvalue weighted by Crippen LogP contribution is 2.37. The second-order valence-corrected chi connectivity index (χ2v) is 7.81. The second kappa shape index (κ2) is 7.33. The van der Waals surface area contributed by atoms with E-state index in [2.05, 4.69) is 19.9 Å². The van der Waals surface area contributed by atoms with E-state index in [1.807, 2.05) is 0 Å². The van der Waals surface area contributed by atoms with E-state index in [1.54, 1.807) is 0 Å². The van der Waals surface area contributed by atoms with Crippen LogP contribution in [0.25, 0.3) is 11.4 Å². The number of nitrogens with zero attached hydrogens (tertiary/aromatic N) is 3. The van der Waals surface area contributed by atoms with Gasteiger partial charge in [-0.25, -0.2) is 17.2 Å². The Morgan fingerprint density at radius 2 is 1.81 bits per heavy atom. The molecule has 0 saturated heterocycles. The molecule has 0 aliphatic heterocycles. The van der Waals surface area contributed by atoms with E-state index in [-0.39, 0.29) is 16.3 Å². The number of ether oxygens (including phenoxy) is 1. The Kier molecular flexibility index (Phi) is 5.68. The SMILES string of the molecule is CCS(=O)(=O)c1cccnc1-c1cc(C(F)(F)F)c(OCC(C)(F)F)nn1. The first-order valence-corrected chi connectivity index (χ1v) is 9.14. The van der Waals surface area contributed by atoms with Gasteiger partial charge in [0, 0.05) is 13.1 Å². The maximum Gasteiger partial charge on any atom is 0.421 e. The van der Waals surface area contributed by atoms with Crippen LogP contribution in [0.4, 0.5) is 22.0 Å². The lowest BCUT2D eigenvalue weighted by Crippen LogP contribution is -2.23. The van der Waals surface area contributed by atoms with Gasteiger partial charge in [-0.1, -0.05) is 6.92 Å². The summed E-state index contributed by atoms with van der Waals surface area (Å²) < 4.78 is 94.3. The Balaban J connectivity index is 2.59. The van der Waals surface area contributed by atoms with Crippen LogP contribution in [0.5, 0.6) is 5.88 Å². The maximum absolute atomic E-state index is 13.3. The van der Waals surface area contributed by atoms with E-state index in [1.165, 1.54) is 25.3 Å². The van der Waals surface area contributed by atoms with Gasteiger partial charge in [0.25, 0.3) is 5.92 Å². The average molecular weight is 411 g/mol. The highest BCUT2D eigenvalue weighted by atomic mass is 32.2. The molecule has 0 radical (unpaired) electrons. The molecule has 2 aromatic heterocycles. The van der Waals surface area contributed by atoms with Crippen molar-refractivity contribution in [1.29, 1.82) is 0 Å². The molecule has 0 atom stereocenters. The van der Waals surface area contributed by atoms with Crippen molar-refractivity contribution in [3.63, 3.8) is 0 Å². The number of alkyl halides is 5. The normalized spacial score (nSPS) is 12.9. The number of aromatic nitrogens is 3.